The normalized spacial score (nSPS) is 10.4. The molecule has 128 valence electrons. The molecule has 2 N–H and O–H groups in total. The maximum Gasteiger partial charge on any atom is 0.303 e. The molecule has 0 bridgehead atoms. The number of benzene rings is 1. The van der Waals surface area contributed by atoms with Crippen molar-refractivity contribution in [1.82, 2.24) is 0 Å². The van der Waals surface area contributed by atoms with E-state index < -0.39 is 11.9 Å². The van der Waals surface area contributed by atoms with Gasteiger partial charge in [-0.3, -0.25) is 9.59 Å². The zero-order chi connectivity index (χ0) is 16.9. The van der Waals surface area contributed by atoms with Crippen molar-refractivity contribution < 1.29 is 24.5 Å². The summed E-state index contributed by atoms with van der Waals surface area (Å²) in [5.74, 6) is 0.226. The Labute approximate surface area is 141 Å². The van der Waals surface area contributed by atoms with Crippen molar-refractivity contribution in [3.63, 3.8) is 0 Å². The highest BCUT2D eigenvalue weighted by Crippen LogP contribution is 2.30. The quantitative estimate of drug-likeness (QED) is 0.416. The lowest BCUT2D eigenvalue weighted by atomic mass is 10.2. The third kappa shape index (κ3) is 9.84. The molecule has 0 unspecified atom stereocenters. The van der Waals surface area contributed by atoms with Crippen LogP contribution in [0.2, 0.25) is 0 Å². The van der Waals surface area contributed by atoms with Crippen LogP contribution in [0.4, 0.5) is 0 Å². The predicted octanol–water partition coefficient (Wildman–Crippen LogP) is 4.06. The largest absolute Gasteiger partial charge is 0.492 e. The minimum Gasteiger partial charge on any atom is -0.492 e. The van der Waals surface area contributed by atoms with Crippen molar-refractivity contribution in [2.45, 2.75) is 49.8 Å². The Hall–Kier alpha value is -1.69. The first-order chi connectivity index (χ1) is 11.1. The van der Waals surface area contributed by atoms with Crippen molar-refractivity contribution in [1.29, 1.82) is 0 Å². The van der Waals surface area contributed by atoms with Gasteiger partial charge in [-0.05, 0) is 37.1 Å². The van der Waals surface area contributed by atoms with Crippen LogP contribution in [-0.2, 0) is 9.59 Å². The Bertz CT molecular complexity index is 490. The number of rotatable bonds is 13. The van der Waals surface area contributed by atoms with Crippen LogP contribution >= 0.6 is 11.8 Å². The van der Waals surface area contributed by atoms with E-state index >= 15 is 0 Å². The number of carboxylic acids is 2. The zero-order valence-electron chi connectivity index (χ0n) is 13.2. The first kappa shape index (κ1) is 19.4. The second-order valence-electron chi connectivity index (χ2n) is 5.20. The molecule has 1 rings (SSSR count). The number of ether oxygens (including phenoxy) is 1. The van der Waals surface area contributed by atoms with Gasteiger partial charge in [-0.1, -0.05) is 25.0 Å². The van der Waals surface area contributed by atoms with E-state index in [1.165, 1.54) is 0 Å². The Kier molecular flexibility index (Phi) is 9.95. The Morgan fingerprint density at radius 1 is 0.913 bits per heavy atom. The van der Waals surface area contributed by atoms with Crippen molar-refractivity contribution >= 4 is 23.7 Å². The SMILES string of the molecule is O=C(O)CCCCCCSc1ccccc1OCCCC(=O)O. The minimum atomic E-state index is -0.806. The molecule has 0 saturated carbocycles. The number of thioether (sulfide) groups is 1. The van der Waals surface area contributed by atoms with Crippen molar-refractivity contribution in [3.8, 4) is 5.75 Å². The van der Waals surface area contributed by atoms with Gasteiger partial charge in [0, 0.05) is 17.7 Å². The fourth-order valence-corrected chi connectivity index (χ4v) is 3.02. The number of unbranched alkanes of at least 4 members (excludes halogenated alkanes) is 3. The lowest BCUT2D eigenvalue weighted by Gasteiger charge is -2.10. The second kappa shape index (κ2) is 11.8. The van der Waals surface area contributed by atoms with Gasteiger partial charge in [0.1, 0.15) is 5.75 Å². The van der Waals surface area contributed by atoms with Gasteiger partial charge in [0.25, 0.3) is 0 Å². The Morgan fingerprint density at radius 2 is 1.57 bits per heavy atom. The number of carbonyl (C=O) groups is 2. The molecule has 5 nitrogen and oxygen atoms in total. The lowest BCUT2D eigenvalue weighted by molar-refractivity contribution is -0.138. The summed E-state index contributed by atoms with van der Waals surface area (Å²) in [6.07, 6.45) is 4.62. The minimum absolute atomic E-state index is 0.117. The molecule has 1 aromatic carbocycles. The molecule has 0 aromatic heterocycles. The van der Waals surface area contributed by atoms with Gasteiger partial charge in [-0.2, -0.15) is 0 Å². The van der Waals surface area contributed by atoms with Crippen LogP contribution in [0.5, 0.6) is 5.75 Å². The summed E-state index contributed by atoms with van der Waals surface area (Å²) in [6, 6.07) is 7.76. The van der Waals surface area contributed by atoms with E-state index in [1.807, 2.05) is 24.3 Å². The summed E-state index contributed by atoms with van der Waals surface area (Å²) in [5.41, 5.74) is 0. The van der Waals surface area contributed by atoms with Gasteiger partial charge in [0.15, 0.2) is 0 Å². The summed E-state index contributed by atoms with van der Waals surface area (Å²) in [4.78, 5) is 21.9. The van der Waals surface area contributed by atoms with E-state index in [1.54, 1.807) is 11.8 Å². The highest BCUT2D eigenvalue weighted by atomic mass is 32.2. The van der Waals surface area contributed by atoms with Crippen LogP contribution < -0.4 is 4.74 Å². The fraction of sp³-hybridized carbons (Fsp3) is 0.529. The third-order valence-corrected chi connectivity index (χ3v) is 4.33. The molecule has 0 aliphatic heterocycles. The number of hydrogen-bond acceptors (Lipinski definition) is 4. The molecule has 23 heavy (non-hydrogen) atoms. The maximum atomic E-state index is 10.5. The average Bonchev–Trinajstić information content (AvgIpc) is 2.51. The van der Waals surface area contributed by atoms with Crippen molar-refractivity contribution in [2.75, 3.05) is 12.4 Å². The summed E-state index contributed by atoms with van der Waals surface area (Å²) < 4.78 is 5.66. The van der Waals surface area contributed by atoms with E-state index in [-0.39, 0.29) is 12.8 Å². The van der Waals surface area contributed by atoms with E-state index in [4.69, 9.17) is 14.9 Å². The molecule has 0 atom stereocenters. The second-order valence-corrected chi connectivity index (χ2v) is 6.34. The molecular weight excluding hydrogens is 316 g/mol. The zero-order valence-corrected chi connectivity index (χ0v) is 14.0. The third-order valence-electron chi connectivity index (χ3n) is 3.18. The fourth-order valence-electron chi connectivity index (χ4n) is 2.01. The van der Waals surface area contributed by atoms with E-state index in [9.17, 15) is 9.59 Å². The maximum absolute atomic E-state index is 10.5. The summed E-state index contributed by atoms with van der Waals surface area (Å²) in [6.45, 7) is 0.402. The van der Waals surface area contributed by atoms with Crippen molar-refractivity contribution in [3.05, 3.63) is 24.3 Å². The smallest absolute Gasteiger partial charge is 0.303 e. The van der Waals surface area contributed by atoms with E-state index in [2.05, 4.69) is 0 Å². The summed E-state index contributed by atoms with van der Waals surface area (Å²) in [7, 11) is 0. The molecule has 0 saturated heterocycles. The molecule has 0 heterocycles. The summed E-state index contributed by atoms with van der Waals surface area (Å²) >= 11 is 1.72. The summed E-state index contributed by atoms with van der Waals surface area (Å²) in [5, 5.41) is 17.2. The number of aliphatic carboxylic acids is 2. The van der Waals surface area contributed by atoms with Crippen molar-refractivity contribution in [2.24, 2.45) is 0 Å². The van der Waals surface area contributed by atoms with Crippen LogP contribution in [0, 0.1) is 0 Å². The van der Waals surface area contributed by atoms with Gasteiger partial charge >= 0.3 is 11.9 Å². The van der Waals surface area contributed by atoms with Gasteiger partial charge in [0.2, 0.25) is 0 Å². The molecule has 0 spiro atoms. The standard InChI is InChI=1S/C17H24O5S/c18-16(19)10-3-1-2-6-13-23-15-9-5-4-8-14(15)22-12-7-11-17(20)21/h4-5,8-9H,1-3,6-7,10-13H2,(H,18,19)(H,20,21). The molecule has 1 aromatic rings. The van der Waals surface area contributed by atoms with Gasteiger partial charge in [-0.15, -0.1) is 11.8 Å². The Morgan fingerprint density at radius 3 is 2.30 bits per heavy atom. The topological polar surface area (TPSA) is 83.8 Å². The number of carboxylic acid groups (broad SMARTS) is 2. The van der Waals surface area contributed by atoms with Crippen LogP contribution in [0.3, 0.4) is 0 Å². The molecule has 0 fully saturated rings. The van der Waals surface area contributed by atoms with Gasteiger partial charge in [-0.25, -0.2) is 0 Å². The van der Waals surface area contributed by atoms with Crippen LogP contribution in [0.25, 0.3) is 0 Å². The van der Waals surface area contributed by atoms with Gasteiger partial charge < -0.3 is 14.9 Å². The van der Waals surface area contributed by atoms with Crippen LogP contribution in [0.1, 0.15) is 44.9 Å². The molecule has 6 heteroatoms. The first-order valence-corrected chi connectivity index (χ1v) is 8.86. The van der Waals surface area contributed by atoms with E-state index in [0.717, 1.165) is 42.1 Å². The lowest BCUT2D eigenvalue weighted by Crippen LogP contribution is -2.02. The van der Waals surface area contributed by atoms with Gasteiger partial charge in [0.05, 0.1) is 6.61 Å². The molecule has 0 aliphatic rings. The molecule has 0 radical (unpaired) electrons. The highest BCUT2D eigenvalue weighted by molar-refractivity contribution is 7.99. The monoisotopic (exact) mass is 340 g/mol. The number of para-hydroxylation sites is 1. The Balaban J connectivity index is 2.22. The average molecular weight is 340 g/mol. The highest BCUT2D eigenvalue weighted by Gasteiger charge is 2.04. The molecule has 0 amide bonds. The number of hydrogen-bond donors (Lipinski definition) is 2. The van der Waals surface area contributed by atoms with Crippen LogP contribution in [0.15, 0.2) is 29.2 Å². The molecular formula is C17H24O5S. The molecule has 0 aliphatic carbocycles. The first-order valence-electron chi connectivity index (χ1n) is 7.88. The van der Waals surface area contributed by atoms with E-state index in [0.29, 0.717) is 13.0 Å². The van der Waals surface area contributed by atoms with Crippen LogP contribution in [-0.4, -0.2) is 34.5 Å². The predicted molar refractivity (Wildman–Crippen MR) is 90.3 cm³/mol.